The van der Waals surface area contributed by atoms with E-state index in [0.29, 0.717) is 0 Å². The van der Waals surface area contributed by atoms with E-state index in [0.717, 1.165) is 34.3 Å². The monoisotopic (exact) mass is 278 g/mol. The second kappa shape index (κ2) is 7.05. The summed E-state index contributed by atoms with van der Waals surface area (Å²) in [6.45, 7) is 8.18. The van der Waals surface area contributed by atoms with E-state index < -0.39 is 6.10 Å². The highest BCUT2D eigenvalue weighted by molar-refractivity contribution is 5.81. The molecule has 0 aliphatic rings. The van der Waals surface area contributed by atoms with Crippen molar-refractivity contribution in [1.82, 2.24) is 0 Å². The van der Waals surface area contributed by atoms with E-state index in [2.05, 4.69) is 25.6 Å². The predicted molar refractivity (Wildman–Crippen MR) is 89.9 cm³/mol. The van der Waals surface area contributed by atoms with E-state index in [4.69, 9.17) is 0 Å². The van der Waals surface area contributed by atoms with Gasteiger partial charge in [-0.2, -0.15) is 0 Å². The van der Waals surface area contributed by atoms with Gasteiger partial charge in [-0.3, -0.25) is 0 Å². The van der Waals surface area contributed by atoms with Crippen molar-refractivity contribution in [2.45, 2.75) is 26.4 Å². The van der Waals surface area contributed by atoms with E-state index in [9.17, 15) is 5.11 Å². The average Bonchev–Trinajstić information content (AvgIpc) is 2.53. The molecule has 0 saturated carbocycles. The van der Waals surface area contributed by atoms with E-state index in [1.807, 2.05) is 55.5 Å². The Bertz CT molecular complexity index is 623. The Morgan fingerprint density at radius 3 is 2.00 bits per heavy atom. The molecule has 0 fully saturated rings. The van der Waals surface area contributed by atoms with Crippen LogP contribution in [0.1, 0.15) is 37.5 Å². The van der Waals surface area contributed by atoms with Gasteiger partial charge in [0, 0.05) is 0 Å². The van der Waals surface area contributed by atoms with Crippen molar-refractivity contribution in [3.8, 4) is 0 Å². The summed E-state index contributed by atoms with van der Waals surface area (Å²) in [5.74, 6) is 0. The molecule has 2 aromatic rings. The lowest BCUT2D eigenvalue weighted by atomic mass is 9.88. The largest absolute Gasteiger partial charge is 0.384 e. The fourth-order valence-electron chi connectivity index (χ4n) is 2.65. The molecule has 21 heavy (non-hydrogen) atoms. The molecule has 108 valence electrons. The average molecular weight is 278 g/mol. The van der Waals surface area contributed by atoms with Crippen molar-refractivity contribution >= 4 is 5.57 Å². The van der Waals surface area contributed by atoms with E-state index in [-0.39, 0.29) is 0 Å². The number of hydrogen-bond acceptors (Lipinski definition) is 1. The molecular formula is C20H22O. The Kier molecular flexibility index (Phi) is 5.13. The van der Waals surface area contributed by atoms with Crippen molar-refractivity contribution in [2.24, 2.45) is 0 Å². The summed E-state index contributed by atoms with van der Waals surface area (Å²) in [5.41, 5.74) is 5.09. The number of rotatable bonds is 5. The standard InChI is InChI=1S/C20H22O/c1-4-18(20(21)17-13-9-6-10-14-17)19(15(2)3)16-11-7-5-8-12-16/h5-14,20-21H,2,4H2,1,3H3/b19-18-. The van der Waals surface area contributed by atoms with Crippen LogP contribution in [0.2, 0.25) is 0 Å². The molecule has 0 aliphatic heterocycles. The lowest BCUT2D eigenvalue weighted by Gasteiger charge is -2.20. The highest BCUT2D eigenvalue weighted by Gasteiger charge is 2.17. The third-order valence-corrected chi connectivity index (χ3v) is 3.64. The van der Waals surface area contributed by atoms with Crippen LogP contribution in [0.25, 0.3) is 5.57 Å². The maximum atomic E-state index is 10.8. The van der Waals surface area contributed by atoms with Crippen molar-refractivity contribution in [1.29, 1.82) is 0 Å². The molecule has 2 aromatic carbocycles. The zero-order valence-electron chi connectivity index (χ0n) is 12.7. The zero-order valence-corrected chi connectivity index (χ0v) is 12.7. The third kappa shape index (κ3) is 3.50. The van der Waals surface area contributed by atoms with Crippen LogP contribution in [0, 0.1) is 0 Å². The maximum absolute atomic E-state index is 10.8. The summed E-state index contributed by atoms with van der Waals surface area (Å²) in [6.07, 6.45) is 0.191. The molecule has 1 nitrogen and oxygen atoms in total. The Morgan fingerprint density at radius 1 is 1.00 bits per heavy atom. The molecule has 1 unspecified atom stereocenters. The number of allylic oxidation sites excluding steroid dienone is 2. The van der Waals surface area contributed by atoms with Crippen LogP contribution in [0.4, 0.5) is 0 Å². The Morgan fingerprint density at radius 2 is 1.52 bits per heavy atom. The van der Waals surface area contributed by atoms with Crippen LogP contribution in [0.3, 0.4) is 0 Å². The third-order valence-electron chi connectivity index (χ3n) is 3.64. The molecular weight excluding hydrogens is 256 g/mol. The van der Waals surface area contributed by atoms with Gasteiger partial charge >= 0.3 is 0 Å². The molecule has 0 saturated heterocycles. The number of benzene rings is 2. The van der Waals surface area contributed by atoms with E-state index in [1.54, 1.807) is 0 Å². The van der Waals surface area contributed by atoms with Gasteiger partial charge in [0.15, 0.2) is 0 Å². The fraction of sp³-hybridized carbons (Fsp3) is 0.200. The molecule has 0 amide bonds. The summed E-state index contributed by atoms with van der Waals surface area (Å²) in [4.78, 5) is 0. The second-order valence-electron chi connectivity index (χ2n) is 5.21. The molecule has 0 heterocycles. The first-order valence-electron chi connectivity index (χ1n) is 7.32. The van der Waals surface area contributed by atoms with Crippen molar-refractivity contribution in [2.75, 3.05) is 0 Å². The van der Waals surface area contributed by atoms with Gasteiger partial charge in [-0.15, -0.1) is 0 Å². The molecule has 0 spiro atoms. The molecule has 0 aromatic heterocycles. The fourth-order valence-corrected chi connectivity index (χ4v) is 2.65. The highest BCUT2D eigenvalue weighted by Crippen LogP contribution is 2.34. The quantitative estimate of drug-likeness (QED) is 0.749. The summed E-state index contributed by atoms with van der Waals surface area (Å²) < 4.78 is 0. The Hall–Kier alpha value is -2.12. The molecule has 1 heteroatoms. The van der Waals surface area contributed by atoms with Crippen LogP contribution < -0.4 is 0 Å². The molecule has 0 radical (unpaired) electrons. The van der Waals surface area contributed by atoms with Crippen LogP contribution in [-0.4, -0.2) is 5.11 Å². The SMILES string of the molecule is C=C(C)/C(=C(\CC)C(O)c1ccccc1)c1ccccc1. The topological polar surface area (TPSA) is 20.2 Å². The van der Waals surface area contributed by atoms with Gasteiger partial charge in [-0.25, -0.2) is 0 Å². The van der Waals surface area contributed by atoms with Gasteiger partial charge in [0.1, 0.15) is 6.10 Å². The van der Waals surface area contributed by atoms with Gasteiger partial charge in [-0.1, -0.05) is 79.7 Å². The van der Waals surface area contributed by atoms with E-state index in [1.165, 1.54) is 0 Å². The molecule has 2 rings (SSSR count). The van der Waals surface area contributed by atoms with Crippen LogP contribution in [-0.2, 0) is 0 Å². The minimum absolute atomic E-state index is 0.594. The lowest BCUT2D eigenvalue weighted by molar-refractivity contribution is 0.213. The van der Waals surface area contributed by atoms with Gasteiger partial charge < -0.3 is 5.11 Å². The van der Waals surface area contributed by atoms with Crippen LogP contribution in [0.15, 0.2) is 78.4 Å². The molecule has 1 N–H and O–H groups in total. The van der Waals surface area contributed by atoms with Crippen LogP contribution in [0.5, 0.6) is 0 Å². The van der Waals surface area contributed by atoms with Gasteiger partial charge in [0.2, 0.25) is 0 Å². The minimum Gasteiger partial charge on any atom is -0.384 e. The summed E-state index contributed by atoms with van der Waals surface area (Å²) in [5, 5.41) is 10.8. The maximum Gasteiger partial charge on any atom is 0.101 e. The summed E-state index contributed by atoms with van der Waals surface area (Å²) in [6, 6.07) is 19.9. The summed E-state index contributed by atoms with van der Waals surface area (Å²) >= 11 is 0. The van der Waals surface area contributed by atoms with Crippen molar-refractivity contribution in [3.63, 3.8) is 0 Å². The number of aliphatic hydroxyl groups is 1. The van der Waals surface area contributed by atoms with E-state index >= 15 is 0 Å². The summed E-state index contributed by atoms with van der Waals surface area (Å²) in [7, 11) is 0. The Labute approximate surface area is 127 Å². The van der Waals surface area contributed by atoms with Gasteiger partial charge in [-0.05, 0) is 35.6 Å². The lowest BCUT2D eigenvalue weighted by Crippen LogP contribution is -2.05. The first kappa shape index (κ1) is 15.3. The molecule has 0 aliphatic carbocycles. The normalized spacial score (nSPS) is 13.5. The number of aliphatic hydroxyl groups excluding tert-OH is 1. The van der Waals surface area contributed by atoms with Crippen LogP contribution >= 0.6 is 0 Å². The molecule has 1 atom stereocenters. The van der Waals surface area contributed by atoms with Crippen molar-refractivity contribution < 1.29 is 5.11 Å². The minimum atomic E-state index is -0.594. The second-order valence-corrected chi connectivity index (χ2v) is 5.21. The zero-order chi connectivity index (χ0) is 15.2. The van der Waals surface area contributed by atoms with Crippen molar-refractivity contribution in [3.05, 3.63) is 89.5 Å². The number of hydrogen-bond donors (Lipinski definition) is 1. The highest BCUT2D eigenvalue weighted by atomic mass is 16.3. The predicted octanol–water partition coefficient (Wildman–Crippen LogP) is 5.16. The van der Waals surface area contributed by atoms with Gasteiger partial charge in [0.25, 0.3) is 0 Å². The Balaban J connectivity index is 2.55. The first-order valence-corrected chi connectivity index (χ1v) is 7.32. The smallest absolute Gasteiger partial charge is 0.101 e. The van der Waals surface area contributed by atoms with Gasteiger partial charge in [0.05, 0.1) is 0 Å². The first-order chi connectivity index (χ1) is 10.1. The molecule has 0 bridgehead atoms.